The largest absolute Gasteiger partial charge is 0.438 e. The first-order valence-electron chi connectivity index (χ1n) is 12.9. The summed E-state index contributed by atoms with van der Waals surface area (Å²) in [6.07, 6.45) is 0.422. The molecule has 2 aliphatic heterocycles. The van der Waals surface area contributed by atoms with Gasteiger partial charge in [0, 0.05) is 24.4 Å². The highest BCUT2D eigenvalue weighted by Gasteiger charge is 2.47. The van der Waals surface area contributed by atoms with E-state index in [1.54, 1.807) is 30.3 Å². The average Bonchev–Trinajstić information content (AvgIpc) is 3.56. The van der Waals surface area contributed by atoms with Gasteiger partial charge >= 0.3 is 6.09 Å². The number of cyclic esters (lactones) is 1. The molecule has 3 atom stereocenters. The van der Waals surface area contributed by atoms with Gasteiger partial charge in [-0.1, -0.05) is 60.2 Å². The summed E-state index contributed by atoms with van der Waals surface area (Å²) in [6, 6.07) is 23.0. The van der Waals surface area contributed by atoms with Crippen LogP contribution in [0, 0.1) is 6.92 Å². The van der Waals surface area contributed by atoms with Crippen molar-refractivity contribution in [1.82, 2.24) is 10.2 Å². The minimum absolute atomic E-state index is 0.0295. The summed E-state index contributed by atoms with van der Waals surface area (Å²) in [4.78, 5) is 40.8. The Bertz CT molecular complexity index is 1310. The molecule has 2 aliphatic rings. The van der Waals surface area contributed by atoms with Crippen LogP contribution in [0.15, 0.2) is 78.9 Å². The second kappa shape index (κ2) is 11.5. The molecule has 0 aromatic heterocycles. The van der Waals surface area contributed by atoms with Crippen LogP contribution < -0.4 is 10.6 Å². The molecular weight excluding hydrogens is 482 g/mol. The van der Waals surface area contributed by atoms with Crippen LogP contribution in [0.1, 0.15) is 46.0 Å². The van der Waals surface area contributed by atoms with Crippen LogP contribution in [0.2, 0.25) is 0 Å². The Morgan fingerprint density at radius 2 is 1.82 bits per heavy atom. The molecule has 0 bridgehead atoms. The Morgan fingerprint density at radius 1 is 1.00 bits per heavy atom. The lowest BCUT2D eigenvalue weighted by Gasteiger charge is -2.25. The molecule has 2 fully saturated rings. The molecule has 3 aromatic rings. The summed E-state index contributed by atoms with van der Waals surface area (Å²) in [7, 11) is 0. The van der Waals surface area contributed by atoms with Gasteiger partial charge < -0.3 is 20.1 Å². The minimum Gasteiger partial charge on any atom is -0.438 e. The molecule has 3 amide bonds. The van der Waals surface area contributed by atoms with Crippen LogP contribution in [0.4, 0.5) is 10.5 Å². The number of ether oxygens (including phenoxy) is 2. The Hall–Kier alpha value is -4.17. The van der Waals surface area contributed by atoms with E-state index in [-0.39, 0.29) is 24.5 Å². The molecule has 3 aromatic carbocycles. The molecule has 8 nitrogen and oxygen atoms in total. The number of carbonyl (C=O) groups is 3. The highest BCUT2D eigenvalue weighted by molar-refractivity contribution is 6.04. The summed E-state index contributed by atoms with van der Waals surface area (Å²) in [5.74, 6) is -0.549. The van der Waals surface area contributed by atoms with E-state index in [0.717, 1.165) is 24.0 Å². The van der Waals surface area contributed by atoms with Crippen molar-refractivity contribution in [1.29, 1.82) is 0 Å². The lowest BCUT2D eigenvalue weighted by Crippen LogP contribution is -2.47. The standard InChI is InChI=1S/C30H31N3O5/c1-20-8-5-12-23(16-20)28(34)32-24-13-6-11-22(17-24)27-26(29(35)31-18-25-14-7-15-37-25)33(30(36)38-27)19-21-9-3-2-4-10-21/h2-6,8-13,16-17,25-27H,7,14-15,18-19H2,1H3,(H,31,35)(H,32,34)/t25-,26-,27-/m0/s1. The summed E-state index contributed by atoms with van der Waals surface area (Å²) >= 11 is 0. The molecule has 196 valence electrons. The van der Waals surface area contributed by atoms with Gasteiger partial charge in [0.15, 0.2) is 12.1 Å². The molecule has 0 spiro atoms. The predicted octanol–water partition coefficient (Wildman–Crippen LogP) is 4.60. The van der Waals surface area contributed by atoms with Crippen molar-refractivity contribution in [2.45, 2.75) is 44.6 Å². The Labute approximate surface area is 221 Å². The van der Waals surface area contributed by atoms with Gasteiger partial charge in [-0.3, -0.25) is 14.5 Å². The summed E-state index contributed by atoms with van der Waals surface area (Å²) < 4.78 is 11.4. The van der Waals surface area contributed by atoms with Crippen LogP contribution in [-0.2, 0) is 20.8 Å². The van der Waals surface area contributed by atoms with Gasteiger partial charge in [-0.2, -0.15) is 0 Å². The van der Waals surface area contributed by atoms with Gasteiger partial charge in [-0.05, 0) is 55.2 Å². The van der Waals surface area contributed by atoms with Crippen molar-refractivity contribution in [2.24, 2.45) is 0 Å². The fraction of sp³-hybridized carbons (Fsp3) is 0.300. The predicted molar refractivity (Wildman–Crippen MR) is 143 cm³/mol. The van der Waals surface area contributed by atoms with E-state index in [4.69, 9.17) is 9.47 Å². The molecule has 2 N–H and O–H groups in total. The van der Waals surface area contributed by atoms with E-state index in [1.807, 2.05) is 55.5 Å². The molecule has 2 saturated heterocycles. The molecule has 2 heterocycles. The minimum atomic E-state index is -0.883. The lowest BCUT2D eigenvalue weighted by atomic mass is 10.00. The van der Waals surface area contributed by atoms with E-state index in [0.29, 0.717) is 30.0 Å². The first kappa shape index (κ1) is 25.5. The van der Waals surface area contributed by atoms with Crippen LogP contribution in [0.25, 0.3) is 0 Å². The van der Waals surface area contributed by atoms with E-state index in [9.17, 15) is 14.4 Å². The third-order valence-electron chi connectivity index (χ3n) is 6.83. The third-order valence-corrected chi connectivity index (χ3v) is 6.83. The van der Waals surface area contributed by atoms with E-state index < -0.39 is 18.2 Å². The van der Waals surface area contributed by atoms with Gasteiger partial charge in [0.2, 0.25) is 5.91 Å². The zero-order chi connectivity index (χ0) is 26.5. The van der Waals surface area contributed by atoms with Crippen molar-refractivity contribution in [3.63, 3.8) is 0 Å². The first-order chi connectivity index (χ1) is 18.5. The van der Waals surface area contributed by atoms with Crippen LogP contribution >= 0.6 is 0 Å². The molecular formula is C30H31N3O5. The fourth-order valence-corrected chi connectivity index (χ4v) is 4.90. The quantitative estimate of drug-likeness (QED) is 0.459. The average molecular weight is 514 g/mol. The zero-order valence-corrected chi connectivity index (χ0v) is 21.3. The Morgan fingerprint density at radius 3 is 2.58 bits per heavy atom. The van der Waals surface area contributed by atoms with Gasteiger partial charge in [0.05, 0.1) is 12.6 Å². The maximum absolute atomic E-state index is 13.5. The number of nitrogens with one attached hydrogen (secondary N) is 2. The third kappa shape index (κ3) is 5.86. The normalized spacial score (nSPS) is 20.7. The van der Waals surface area contributed by atoms with Crippen molar-refractivity contribution >= 4 is 23.6 Å². The first-order valence-corrected chi connectivity index (χ1v) is 12.9. The van der Waals surface area contributed by atoms with Gasteiger partial charge in [0.25, 0.3) is 5.91 Å². The van der Waals surface area contributed by atoms with Gasteiger partial charge in [-0.15, -0.1) is 0 Å². The zero-order valence-electron chi connectivity index (χ0n) is 21.3. The van der Waals surface area contributed by atoms with Crippen molar-refractivity contribution in [3.8, 4) is 0 Å². The number of anilines is 1. The maximum atomic E-state index is 13.5. The van der Waals surface area contributed by atoms with Crippen LogP contribution in [-0.4, -0.2) is 48.1 Å². The van der Waals surface area contributed by atoms with Crippen molar-refractivity contribution in [2.75, 3.05) is 18.5 Å². The van der Waals surface area contributed by atoms with Crippen molar-refractivity contribution < 1.29 is 23.9 Å². The fourth-order valence-electron chi connectivity index (χ4n) is 4.90. The monoisotopic (exact) mass is 513 g/mol. The smallest absolute Gasteiger partial charge is 0.411 e. The number of nitrogens with zero attached hydrogens (tertiary/aromatic N) is 1. The second-order valence-electron chi connectivity index (χ2n) is 9.69. The highest BCUT2D eigenvalue weighted by Crippen LogP contribution is 2.35. The number of rotatable bonds is 8. The van der Waals surface area contributed by atoms with Gasteiger partial charge in [-0.25, -0.2) is 4.79 Å². The number of benzene rings is 3. The topological polar surface area (TPSA) is 97.0 Å². The van der Waals surface area contributed by atoms with Crippen LogP contribution in [0.3, 0.4) is 0 Å². The van der Waals surface area contributed by atoms with E-state index >= 15 is 0 Å². The molecule has 0 aliphatic carbocycles. The number of hydrogen-bond acceptors (Lipinski definition) is 5. The number of carbonyl (C=O) groups excluding carboxylic acids is 3. The van der Waals surface area contributed by atoms with Crippen LogP contribution in [0.5, 0.6) is 0 Å². The number of hydrogen-bond donors (Lipinski definition) is 2. The molecule has 38 heavy (non-hydrogen) atoms. The molecule has 0 saturated carbocycles. The SMILES string of the molecule is Cc1cccc(C(=O)Nc2cccc([C@@H]3OC(=O)N(Cc4ccccc4)[C@@H]3C(=O)NC[C@@H]3CCCO3)c2)c1. The Balaban J connectivity index is 1.38. The molecule has 5 rings (SSSR count). The molecule has 0 unspecified atom stereocenters. The summed E-state index contributed by atoms with van der Waals surface area (Å²) in [5.41, 5.74) is 3.59. The number of amides is 3. The maximum Gasteiger partial charge on any atom is 0.411 e. The van der Waals surface area contributed by atoms with E-state index in [2.05, 4.69) is 10.6 Å². The van der Waals surface area contributed by atoms with Crippen molar-refractivity contribution in [3.05, 3.63) is 101 Å². The summed E-state index contributed by atoms with van der Waals surface area (Å²) in [5, 5.41) is 5.88. The number of aryl methyl sites for hydroxylation is 1. The molecule has 0 radical (unpaired) electrons. The van der Waals surface area contributed by atoms with E-state index in [1.165, 1.54) is 4.90 Å². The second-order valence-corrected chi connectivity index (χ2v) is 9.69. The molecule has 8 heteroatoms. The summed E-state index contributed by atoms with van der Waals surface area (Å²) in [6.45, 7) is 3.23. The lowest BCUT2D eigenvalue weighted by molar-refractivity contribution is -0.126. The Kier molecular flexibility index (Phi) is 7.70. The highest BCUT2D eigenvalue weighted by atomic mass is 16.6. The van der Waals surface area contributed by atoms with Gasteiger partial charge in [0.1, 0.15) is 0 Å².